The quantitative estimate of drug-likeness (QED) is 0.227. The number of carbonyl (C=O) groups is 1. The molecule has 36 heavy (non-hydrogen) atoms. The summed E-state index contributed by atoms with van der Waals surface area (Å²) >= 11 is 1.29. The van der Waals surface area contributed by atoms with Crippen LogP contribution in [-0.4, -0.2) is 40.1 Å². The summed E-state index contributed by atoms with van der Waals surface area (Å²) < 4.78 is 12.7. The number of ether oxygens (including phenoxy) is 2. The molecule has 0 saturated heterocycles. The molecule has 0 aliphatic heterocycles. The van der Waals surface area contributed by atoms with Crippen molar-refractivity contribution < 1.29 is 14.3 Å². The van der Waals surface area contributed by atoms with Crippen LogP contribution in [0, 0.1) is 0 Å². The van der Waals surface area contributed by atoms with Crippen LogP contribution < -0.4 is 20.3 Å². The highest BCUT2D eigenvalue weighted by Gasteiger charge is 2.17. The molecule has 0 saturated carbocycles. The van der Waals surface area contributed by atoms with Crippen molar-refractivity contribution >= 4 is 23.4 Å². The fraction of sp³-hybridized carbons (Fsp3) is 0.148. The number of methoxy groups -OCH3 is 1. The largest absolute Gasteiger partial charge is 0.497 e. The zero-order valence-electron chi connectivity index (χ0n) is 20.1. The minimum Gasteiger partial charge on any atom is -0.497 e. The van der Waals surface area contributed by atoms with Gasteiger partial charge in [-0.15, -0.1) is 10.2 Å². The van der Waals surface area contributed by atoms with Gasteiger partial charge in [0.15, 0.2) is 11.0 Å². The average molecular weight is 502 g/mol. The Labute approximate surface area is 214 Å². The summed E-state index contributed by atoms with van der Waals surface area (Å²) in [7, 11) is 1.60. The molecule has 0 bridgehead atoms. The van der Waals surface area contributed by atoms with Gasteiger partial charge in [0.1, 0.15) is 11.5 Å². The van der Waals surface area contributed by atoms with E-state index in [4.69, 9.17) is 9.47 Å². The van der Waals surface area contributed by atoms with E-state index in [1.807, 2.05) is 90.4 Å². The first-order valence-corrected chi connectivity index (χ1v) is 12.3. The number of aromatic nitrogens is 3. The number of thioether (sulfide) groups is 1. The molecule has 0 unspecified atom stereocenters. The van der Waals surface area contributed by atoms with Crippen LogP contribution >= 0.6 is 11.8 Å². The van der Waals surface area contributed by atoms with Gasteiger partial charge in [0.05, 0.1) is 25.2 Å². The van der Waals surface area contributed by atoms with Gasteiger partial charge in [-0.2, -0.15) is 0 Å². The number of nitrogens with one attached hydrogen (secondary N) is 2. The van der Waals surface area contributed by atoms with E-state index in [0.717, 1.165) is 22.6 Å². The van der Waals surface area contributed by atoms with Crippen LogP contribution in [-0.2, 0) is 4.79 Å². The van der Waals surface area contributed by atoms with Crippen LogP contribution in [0.2, 0.25) is 0 Å². The van der Waals surface area contributed by atoms with Crippen molar-refractivity contribution in [2.24, 2.45) is 0 Å². The van der Waals surface area contributed by atoms with Gasteiger partial charge in [-0.3, -0.25) is 20.2 Å². The van der Waals surface area contributed by atoms with Gasteiger partial charge in [0.2, 0.25) is 5.91 Å². The highest BCUT2D eigenvalue weighted by Crippen LogP contribution is 2.29. The van der Waals surface area contributed by atoms with Crippen molar-refractivity contribution in [3.8, 4) is 28.6 Å². The summed E-state index contributed by atoms with van der Waals surface area (Å²) in [6.45, 7) is 6.52. The summed E-state index contributed by atoms with van der Waals surface area (Å²) in [6.07, 6.45) is 0. The Morgan fingerprint density at radius 3 is 2.47 bits per heavy atom. The highest BCUT2D eigenvalue weighted by molar-refractivity contribution is 7.99. The van der Waals surface area contributed by atoms with Gasteiger partial charge in [-0.1, -0.05) is 60.8 Å². The SMILES string of the molecule is C=C(NNC(=O)CSc1nnc(-c2ccccc2)n1-c1ccc(OCC)cc1)c1cccc(OC)c1. The Morgan fingerprint density at radius 2 is 1.75 bits per heavy atom. The molecule has 0 spiro atoms. The van der Waals surface area contributed by atoms with E-state index in [1.165, 1.54) is 11.8 Å². The van der Waals surface area contributed by atoms with Crippen molar-refractivity contribution in [1.82, 2.24) is 25.6 Å². The van der Waals surface area contributed by atoms with E-state index in [1.54, 1.807) is 7.11 Å². The molecule has 0 atom stereocenters. The van der Waals surface area contributed by atoms with Crippen molar-refractivity contribution in [1.29, 1.82) is 0 Å². The van der Waals surface area contributed by atoms with E-state index < -0.39 is 0 Å². The van der Waals surface area contributed by atoms with Gasteiger partial charge in [0, 0.05) is 16.8 Å². The highest BCUT2D eigenvalue weighted by atomic mass is 32.2. The van der Waals surface area contributed by atoms with Crippen molar-refractivity contribution in [3.63, 3.8) is 0 Å². The molecule has 4 rings (SSSR count). The number of hydrogen-bond donors (Lipinski definition) is 2. The molecule has 0 fully saturated rings. The molecule has 1 amide bonds. The van der Waals surface area contributed by atoms with Crippen LogP contribution in [0.25, 0.3) is 22.8 Å². The lowest BCUT2D eigenvalue weighted by Gasteiger charge is -2.13. The second kappa shape index (κ2) is 11.9. The molecule has 8 nitrogen and oxygen atoms in total. The fourth-order valence-electron chi connectivity index (χ4n) is 3.42. The third-order valence-corrected chi connectivity index (χ3v) is 6.10. The van der Waals surface area contributed by atoms with Crippen LogP contribution in [0.3, 0.4) is 0 Å². The zero-order valence-corrected chi connectivity index (χ0v) is 20.9. The molecule has 9 heteroatoms. The predicted octanol–water partition coefficient (Wildman–Crippen LogP) is 4.73. The minimum atomic E-state index is -0.230. The van der Waals surface area contributed by atoms with E-state index in [9.17, 15) is 4.79 Å². The number of rotatable bonds is 11. The third kappa shape index (κ3) is 6.05. The van der Waals surface area contributed by atoms with Crippen molar-refractivity contribution in [2.45, 2.75) is 12.1 Å². The smallest absolute Gasteiger partial charge is 0.248 e. The summed E-state index contributed by atoms with van der Waals surface area (Å²) in [6, 6.07) is 24.9. The van der Waals surface area contributed by atoms with Crippen LogP contribution in [0.4, 0.5) is 0 Å². The molecule has 0 radical (unpaired) electrons. The molecule has 1 aromatic heterocycles. The second-order valence-corrected chi connectivity index (χ2v) is 8.55. The first-order chi connectivity index (χ1) is 17.6. The zero-order chi connectivity index (χ0) is 25.3. The minimum absolute atomic E-state index is 0.127. The Morgan fingerprint density at radius 1 is 0.972 bits per heavy atom. The maximum Gasteiger partial charge on any atom is 0.248 e. The Bertz CT molecular complexity index is 1320. The van der Waals surface area contributed by atoms with Crippen LogP contribution in [0.5, 0.6) is 11.5 Å². The Hall–Kier alpha value is -4.24. The van der Waals surface area contributed by atoms with Gasteiger partial charge in [-0.25, -0.2) is 0 Å². The number of hydrogen-bond acceptors (Lipinski definition) is 7. The molecular weight excluding hydrogens is 474 g/mol. The predicted molar refractivity (Wildman–Crippen MR) is 142 cm³/mol. The van der Waals surface area contributed by atoms with Gasteiger partial charge < -0.3 is 9.47 Å². The first-order valence-electron chi connectivity index (χ1n) is 11.3. The molecular formula is C27H27N5O3S. The van der Waals surface area contributed by atoms with Crippen molar-refractivity contribution in [3.05, 3.63) is 91.0 Å². The first kappa shape index (κ1) is 24.9. The standard InChI is InChI=1S/C27H27N5O3S/c1-4-35-23-15-13-22(14-16-23)32-26(20-9-6-5-7-10-20)30-31-27(32)36-18-25(33)29-28-19(2)21-11-8-12-24(17-21)34-3/h5-17,28H,2,4,18H2,1,3H3,(H,29,33). The van der Waals surface area contributed by atoms with Crippen LogP contribution in [0.15, 0.2) is 90.6 Å². The lowest BCUT2D eigenvalue weighted by molar-refractivity contribution is -0.119. The molecule has 1 heterocycles. The van der Waals surface area contributed by atoms with Crippen LogP contribution in [0.1, 0.15) is 12.5 Å². The fourth-order valence-corrected chi connectivity index (χ4v) is 4.17. The van der Waals surface area contributed by atoms with E-state index in [2.05, 4.69) is 27.6 Å². The van der Waals surface area contributed by atoms with Crippen molar-refractivity contribution in [2.75, 3.05) is 19.5 Å². The maximum atomic E-state index is 12.6. The molecule has 184 valence electrons. The summed E-state index contributed by atoms with van der Waals surface area (Å²) in [5.74, 6) is 2.08. The average Bonchev–Trinajstić information content (AvgIpc) is 3.35. The summed E-state index contributed by atoms with van der Waals surface area (Å²) in [4.78, 5) is 12.6. The molecule has 3 aromatic carbocycles. The number of carbonyl (C=O) groups excluding carboxylic acids is 1. The number of hydrazine groups is 1. The van der Waals surface area contributed by atoms with E-state index in [-0.39, 0.29) is 11.7 Å². The number of amides is 1. The number of nitrogens with zero attached hydrogens (tertiary/aromatic N) is 3. The monoisotopic (exact) mass is 501 g/mol. The van der Waals surface area contributed by atoms with E-state index >= 15 is 0 Å². The van der Waals surface area contributed by atoms with Gasteiger partial charge in [-0.05, 0) is 43.3 Å². The number of benzene rings is 3. The topological polar surface area (TPSA) is 90.3 Å². The molecule has 0 aliphatic carbocycles. The van der Waals surface area contributed by atoms with E-state index in [0.29, 0.717) is 29.0 Å². The molecule has 0 aliphatic rings. The lowest BCUT2D eigenvalue weighted by Crippen LogP contribution is -2.37. The van der Waals surface area contributed by atoms with Gasteiger partial charge >= 0.3 is 0 Å². The molecule has 4 aromatic rings. The normalized spacial score (nSPS) is 10.5. The third-order valence-electron chi connectivity index (χ3n) is 5.17. The summed E-state index contributed by atoms with van der Waals surface area (Å²) in [5, 5.41) is 9.39. The second-order valence-electron chi connectivity index (χ2n) is 7.61. The Kier molecular flexibility index (Phi) is 8.25. The Balaban J connectivity index is 1.47. The summed E-state index contributed by atoms with van der Waals surface area (Å²) in [5.41, 5.74) is 8.70. The molecule has 2 N–H and O–H groups in total. The van der Waals surface area contributed by atoms with Gasteiger partial charge in [0.25, 0.3) is 0 Å². The lowest BCUT2D eigenvalue weighted by atomic mass is 10.2. The maximum absolute atomic E-state index is 12.6.